The van der Waals surface area contributed by atoms with E-state index in [1.807, 2.05) is 25.1 Å². The summed E-state index contributed by atoms with van der Waals surface area (Å²) < 4.78 is 0. The van der Waals surface area contributed by atoms with E-state index in [0.29, 0.717) is 0 Å². The molecule has 0 N–H and O–H groups in total. The molecule has 3 nitrogen and oxygen atoms in total. The Morgan fingerprint density at radius 2 is 2.20 bits per heavy atom. The maximum absolute atomic E-state index is 11.6. The Morgan fingerprint density at radius 3 is 3.07 bits per heavy atom. The van der Waals surface area contributed by atoms with Gasteiger partial charge in [-0.15, -0.1) is 0 Å². The molecule has 15 heavy (non-hydrogen) atoms. The van der Waals surface area contributed by atoms with Crippen molar-refractivity contribution < 1.29 is 9.63 Å². The lowest BCUT2D eigenvalue weighted by molar-refractivity contribution is -0.147. The van der Waals surface area contributed by atoms with Crippen LogP contribution in [0.5, 0.6) is 0 Å². The molecule has 0 saturated heterocycles. The number of benzene rings is 1. The number of hydrogen-bond donors (Lipinski definition) is 0. The summed E-state index contributed by atoms with van der Waals surface area (Å²) in [5.41, 5.74) is 2.60. The summed E-state index contributed by atoms with van der Waals surface area (Å²) in [6.45, 7) is 1.91. The summed E-state index contributed by atoms with van der Waals surface area (Å²) in [5, 5.41) is 3.92. The van der Waals surface area contributed by atoms with Gasteiger partial charge in [0.15, 0.2) is 0 Å². The van der Waals surface area contributed by atoms with Gasteiger partial charge in [0.2, 0.25) is 0 Å². The largest absolute Gasteiger partial charge is 0.346 e. The van der Waals surface area contributed by atoms with Crippen molar-refractivity contribution >= 4 is 11.7 Å². The lowest BCUT2D eigenvalue weighted by Gasteiger charge is -2.27. The average molecular weight is 201 g/mol. The molecule has 1 atom stereocenters. The van der Waals surface area contributed by atoms with Crippen molar-refractivity contribution in [3.05, 3.63) is 35.4 Å². The number of carbonyl (C=O) groups excluding carboxylic acids is 1. The normalized spacial score (nSPS) is 27.8. The van der Waals surface area contributed by atoms with Gasteiger partial charge in [-0.2, -0.15) is 0 Å². The molecule has 0 bridgehead atoms. The summed E-state index contributed by atoms with van der Waals surface area (Å²) in [5.74, 6) is -0.216. The zero-order chi connectivity index (χ0) is 10.5. The van der Waals surface area contributed by atoms with Crippen LogP contribution in [0.2, 0.25) is 0 Å². The number of aryl methyl sites for hydroxylation is 1. The molecule has 1 unspecified atom stereocenters. The molecule has 0 radical (unpaired) electrons. The van der Waals surface area contributed by atoms with E-state index in [0.717, 1.165) is 24.1 Å². The van der Waals surface area contributed by atoms with Crippen molar-refractivity contribution in [2.45, 2.75) is 19.8 Å². The van der Waals surface area contributed by atoms with Gasteiger partial charge < -0.3 is 4.84 Å². The highest BCUT2D eigenvalue weighted by molar-refractivity contribution is 6.18. The number of hydrogen-bond acceptors (Lipinski definition) is 3. The maximum Gasteiger partial charge on any atom is 0.346 e. The van der Waals surface area contributed by atoms with Crippen molar-refractivity contribution in [2.75, 3.05) is 0 Å². The van der Waals surface area contributed by atoms with Gasteiger partial charge in [-0.25, -0.2) is 4.79 Å². The van der Waals surface area contributed by atoms with E-state index in [1.165, 1.54) is 5.56 Å². The van der Waals surface area contributed by atoms with Crippen LogP contribution < -0.4 is 0 Å². The van der Waals surface area contributed by atoms with Gasteiger partial charge in [-0.1, -0.05) is 29.4 Å². The van der Waals surface area contributed by atoms with E-state index in [2.05, 4.69) is 11.2 Å². The first-order valence-electron chi connectivity index (χ1n) is 5.10. The van der Waals surface area contributed by atoms with Crippen LogP contribution in [0.3, 0.4) is 0 Å². The first kappa shape index (κ1) is 8.65. The molecule has 3 rings (SSSR count). The number of oxime groups is 1. The lowest BCUT2D eigenvalue weighted by atomic mass is 9.72. The molecule has 0 fully saturated rings. The quantitative estimate of drug-likeness (QED) is 0.601. The molecule has 1 aromatic carbocycles. The molecule has 0 amide bonds. The first-order valence-corrected chi connectivity index (χ1v) is 5.10. The molecule has 0 spiro atoms. The van der Waals surface area contributed by atoms with E-state index < -0.39 is 5.41 Å². The van der Waals surface area contributed by atoms with Gasteiger partial charge in [0.05, 0.1) is 0 Å². The van der Waals surface area contributed by atoms with Gasteiger partial charge in [-0.05, 0) is 25.3 Å². The summed E-state index contributed by atoms with van der Waals surface area (Å²) in [4.78, 5) is 16.4. The highest BCUT2D eigenvalue weighted by Gasteiger charge is 2.48. The highest BCUT2D eigenvalue weighted by Crippen LogP contribution is 2.40. The second kappa shape index (κ2) is 2.69. The van der Waals surface area contributed by atoms with Gasteiger partial charge in [-0.3, -0.25) is 0 Å². The monoisotopic (exact) mass is 201 g/mol. The second-order valence-corrected chi connectivity index (χ2v) is 4.31. The second-order valence-electron chi connectivity index (χ2n) is 4.31. The minimum absolute atomic E-state index is 0.216. The number of carbonyl (C=O) groups is 1. The van der Waals surface area contributed by atoms with Crippen LogP contribution in [0.25, 0.3) is 0 Å². The Balaban J connectivity index is 2.20. The molecule has 3 heteroatoms. The zero-order valence-electron chi connectivity index (χ0n) is 8.49. The molecule has 0 aromatic heterocycles. The minimum atomic E-state index is -0.519. The van der Waals surface area contributed by atoms with Crippen LogP contribution in [0.4, 0.5) is 0 Å². The van der Waals surface area contributed by atoms with Crippen LogP contribution in [0.15, 0.2) is 29.4 Å². The van der Waals surface area contributed by atoms with Gasteiger partial charge in [0.1, 0.15) is 11.1 Å². The molecular weight excluding hydrogens is 190 g/mol. The van der Waals surface area contributed by atoms with Crippen molar-refractivity contribution in [2.24, 2.45) is 10.6 Å². The fraction of sp³-hybridized carbons (Fsp3) is 0.333. The third-order valence-electron chi connectivity index (χ3n) is 3.36. The average Bonchev–Trinajstić information content (AvgIpc) is 2.56. The van der Waals surface area contributed by atoms with Crippen LogP contribution >= 0.6 is 0 Å². The minimum Gasteiger partial charge on any atom is -0.317 e. The molecule has 1 heterocycles. The molecule has 1 aliphatic heterocycles. The Kier molecular flexibility index (Phi) is 1.55. The van der Waals surface area contributed by atoms with E-state index >= 15 is 0 Å². The predicted octanol–water partition coefficient (Wildman–Crippen LogP) is 1.90. The standard InChI is InChI=1S/C12H11NO2/c1-12-7-6-8-4-2-3-5-9(8)10(12)13-15-11(12)14/h2-5H,6-7H2,1H3. The molecule has 2 aliphatic rings. The van der Waals surface area contributed by atoms with Gasteiger partial charge in [0.25, 0.3) is 0 Å². The van der Waals surface area contributed by atoms with E-state index in [-0.39, 0.29) is 5.97 Å². The Hall–Kier alpha value is -1.64. The molecule has 1 aromatic rings. The fourth-order valence-electron chi connectivity index (χ4n) is 2.31. The zero-order valence-corrected chi connectivity index (χ0v) is 8.49. The van der Waals surface area contributed by atoms with Crippen molar-refractivity contribution in [3.8, 4) is 0 Å². The third-order valence-corrected chi connectivity index (χ3v) is 3.36. The van der Waals surface area contributed by atoms with Crippen LogP contribution in [0, 0.1) is 5.41 Å². The Labute approximate surface area is 87.7 Å². The maximum atomic E-state index is 11.6. The highest BCUT2D eigenvalue weighted by atomic mass is 16.7. The molecular formula is C12H11NO2. The number of rotatable bonds is 0. The summed E-state index contributed by atoms with van der Waals surface area (Å²) >= 11 is 0. The van der Waals surface area contributed by atoms with Crippen LogP contribution in [-0.2, 0) is 16.1 Å². The molecule has 76 valence electrons. The smallest absolute Gasteiger partial charge is 0.317 e. The summed E-state index contributed by atoms with van der Waals surface area (Å²) in [6.07, 6.45) is 1.71. The number of fused-ring (bicyclic) bond motifs is 3. The summed E-state index contributed by atoms with van der Waals surface area (Å²) in [7, 11) is 0. The lowest BCUT2D eigenvalue weighted by Crippen LogP contribution is -2.36. The van der Waals surface area contributed by atoms with Gasteiger partial charge >= 0.3 is 5.97 Å². The Morgan fingerprint density at radius 1 is 1.40 bits per heavy atom. The first-order chi connectivity index (χ1) is 7.22. The van der Waals surface area contributed by atoms with E-state index in [4.69, 9.17) is 4.84 Å². The van der Waals surface area contributed by atoms with Crippen molar-refractivity contribution in [1.29, 1.82) is 0 Å². The van der Waals surface area contributed by atoms with Crippen LogP contribution in [-0.4, -0.2) is 11.7 Å². The fourth-order valence-corrected chi connectivity index (χ4v) is 2.31. The van der Waals surface area contributed by atoms with Crippen molar-refractivity contribution in [1.82, 2.24) is 0 Å². The summed E-state index contributed by atoms with van der Waals surface area (Å²) in [6, 6.07) is 8.07. The van der Waals surface area contributed by atoms with Crippen molar-refractivity contribution in [3.63, 3.8) is 0 Å². The van der Waals surface area contributed by atoms with E-state index in [1.54, 1.807) is 0 Å². The van der Waals surface area contributed by atoms with Crippen LogP contribution in [0.1, 0.15) is 24.5 Å². The van der Waals surface area contributed by atoms with Gasteiger partial charge in [0, 0.05) is 5.56 Å². The third kappa shape index (κ3) is 1.00. The van der Waals surface area contributed by atoms with E-state index in [9.17, 15) is 4.79 Å². The molecule has 0 saturated carbocycles. The Bertz CT molecular complexity index is 478. The topological polar surface area (TPSA) is 38.7 Å². The predicted molar refractivity (Wildman–Crippen MR) is 55.5 cm³/mol. The molecule has 1 aliphatic carbocycles. The number of nitrogens with zero attached hydrogens (tertiary/aromatic N) is 1. The SMILES string of the molecule is CC12CCc3ccccc3C1=NOC2=O.